The van der Waals surface area contributed by atoms with E-state index < -0.39 is 30.1 Å². The first kappa shape index (κ1) is 69.3. The van der Waals surface area contributed by atoms with Crippen molar-refractivity contribution in [1.29, 1.82) is 0 Å². The summed E-state index contributed by atoms with van der Waals surface area (Å²) in [6.07, 6.45) is 10.2. The lowest BCUT2D eigenvalue weighted by molar-refractivity contribution is -0.148. The van der Waals surface area contributed by atoms with Gasteiger partial charge in [0, 0.05) is 37.1 Å². The summed E-state index contributed by atoms with van der Waals surface area (Å²) in [5.74, 6) is -2.88. The molecule has 1 unspecified atom stereocenters. The summed E-state index contributed by atoms with van der Waals surface area (Å²) >= 11 is 0. The summed E-state index contributed by atoms with van der Waals surface area (Å²) in [5, 5.41) is 79.5. The van der Waals surface area contributed by atoms with Crippen molar-refractivity contribution in [2.45, 2.75) is 203 Å². The maximum Gasteiger partial charge on any atom is 0.371 e. The highest BCUT2D eigenvalue weighted by Crippen LogP contribution is 2.19. The van der Waals surface area contributed by atoms with Crippen LogP contribution in [0.5, 0.6) is 0 Å². The zero-order valence-electron chi connectivity index (χ0n) is 43.7. The predicted octanol–water partition coefficient (Wildman–Crippen LogP) is 2.88. The number of carboxylic acids is 1. The van der Waals surface area contributed by atoms with Crippen LogP contribution in [0.15, 0.2) is 91.0 Å². The molecule has 74 heavy (non-hydrogen) atoms. The number of nitrogens with two attached hydrogens (primary N) is 5. The fourth-order valence-electron chi connectivity index (χ4n) is 7.57. The molecule has 0 aromatic heterocycles. The topological polar surface area (TPSA) is 398 Å². The molecule has 0 radical (unpaired) electrons. The van der Waals surface area contributed by atoms with Gasteiger partial charge in [-0.25, -0.2) is 4.79 Å². The molecule has 8 rings (SSSR count). The van der Waals surface area contributed by atoms with E-state index in [2.05, 4.69) is 0 Å². The molecule has 0 saturated heterocycles. The van der Waals surface area contributed by atoms with Crippen LogP contribution in [0.3, 0.4) is 0 Å². The number of Topliss-reactive ketones (excluding diaryl/α,β-unsaturated/α-hetero) is 4. The first-order valence-electron chi connectivity index (χ1n) is 25.4. The van der Waals surface area contributed by atoms with Gasteiger partial charge in [0.25, 0.3) is 0 Å². The maximum absolute atomic E-state index is 10.7. The summed E-state index contributed by atoms with van der Waals surface area (Å²) in [7, 11) is 0. The van der Waals surface area contributed by atoms with Crippen LogP contribution in [-0.2, 0) is 24.0 Å². The van der Waals surface area contributed by atoms with Crippen LogP contribution in [0.25, 0.3) is 0 Å². The first-order valence-corrected chi connectivity index (χ1v) is 25.4. The molecule has 0 spiro atoms. The summed E-state index contributed by atoms with van der Waals surface area (Å²) in [4.78, 5) is 51.0. The Kier molecular flexibility index (Phi) is 37.1. The summed E-state index contributed by atoms with van der Waals surface area (Å²) in [6, 6.07) is 28.0. The number of aliphatic carboxylic acids is 1. The van der Waals surface area contributed by atoms with Crippen molar-refractivity contribution >= 4 is 29.1 Å². The van der Waals surface area contributed by atoms with Crippen molar-refractivity contribution in [2.75, 3.05) is 0 Å². The van der Waals surface area contributed by atoms with Gasteiger partial charge in [0.1, 0.15) is 18.3 Å². The lowest BCUT2D eigenvalue weighted by Crippen LogP contribution is -2.15. The van der Waals surface area contributed by atoms with Crippen LogP contribution in [0, 0.1) is 0 Å². The van der Waals surface area contributed by atoms with E-state index in [1.54, 1.807) is 72.8 Å². The van der Waals surface area contributed by atoms with Gasteiger partial charge in [-0.1, -0.05) is 91.0 Å². The Balaban J connectivity index is 0.000000817. The average Bonchev–Trinajstić information content (AvgIpc) is 4.23. The van der Waals surface area contributed by atoms with Gasteiger partial charge >= 0.3 is 5.97 Å². The van der Waals surface area contributed by atoms with Gasteiger partial charge in [0.05, 0.1) is 30.5 Å². The Bertz CT molecular complexity index is 1680. The number of aliphatic hydroxyl groups excluding tert-OH is 8. The SMILES string of the molecule is CC(=O)C(=O)O.CC(=O)C(O)c1ccccc1.CC(=O)[C@@H](O)c1ccccc1.CC(=O)[C@H](O)c1ccccc1.N[C@H]1CC[C@@H](O)C1.N[C@H]1CC[C@@H](O)C1.N[C@H]1CC[C@@H](O)C1.N[C@H]1CC[C@@H](O)C1.N[C@H]1CC[C@@H](O)C1. The van der Waals surface area contributed by atoms with Gasteiger partial charge in [0.15, 0.2) is 17.3 Å². The third-order valence-electron chi connectivity index (χ3n) is 12.0. The Hall–Kier alpha value is -4.71. The number of benzene rings is 3. The largest absolute Gasteiger partial charge is 0.476 e. The quantitative estimate of drug-likeness (QED) is 0.151. The second kappa shape index (κ2) is 39.7. The fraction of sp³-hybridized carbons (Fsp3) is 0.582. The third-order valence-corrected chi connectivity index (χ3v) is 12.0. The number of aliphatic hydroxyl groups is 8. The van der Waals surface area contributed by atoms with E-state index >= 15 is 0 Å². The molecule has 0 heterocycles. The molecular weight excluding hydrogens is 955 g/mol. The third kappa shape index (κ3) is 34.7. The molecule has 19 heteroatoms. The van der Waals surface area contributed by atoms with E-state index in [-0.39, 0.29) is 78.1 Å². The highest BCUT2D eigenvalue weighted by molar-refractivity contribution is 6.31. The summed E-state index contributed by atoms with van der Waals surface area (Å²) in [6.45, 7) is 5.12. The van der Waals surface area contributed by atoms with E-state index in [1.165, 1.54) is 20.8 Å². The minimum Gasteiger partial charge on any atom is -0.476 e. The monoisotopic (exact) mass is 1040 g/mol. The number of rotatable bonds is 7. The van der Waals surface area contributed by atoms with Crippen LogP contribution in [0.1, 0.15) is 159 Å². The maximum atomic E-state index is 10.7. The number of ketones is 4. The number of carbonyl (C=O) groups excluding carboxylic acids is 4. The summed E-state index contributed by atoms with van der Waals surface area (Å²) < 4.78 is 0. The van der Waals surface area contributed by atoms with Crippen LogP contribution < -0.4 is 28.7 Å². The van der Waals surface area contributed by atoms with E-state index in [0.29, 0.717) is 16.7 Å². The van der Waals surface area contributed by atoms with E-state index in [0.717, 1.165) is 103 Å². The lowest BCUT2D eigenvalue weighted by Gasteiger charge is -2.04. The molecule has 19 N–H and O–H groups in total. The average molecular weight is 1040 g/mol. The van der Waals surface area contributed by atoms with Crippen LogP contribution in [0.2, 0.25) is 0 Å². The fourth-order valence-corrected chi connectivity index (χ4v) is 7.57. The molecule has 0 bridgehead atoms. The lowest BCUT2D eigenvalue weighted by atomic mass is 10.1. The Morgan fingerprint density at radius 2 is 0.527 bits per heavy atom. The smallest absolute Gasteiger partial charge is 0.371 e. The molecule has 0 aliphatic heterocycles. The number of carbonyl (C=O) groups is 5. The van der Waals surface area contributed by atoms with Crippen molar-refractivity contribution in [3.63, 3.8) is 0 Å². The van der Waals surface area contributed by atoms with Crippen molar-refractivity contribution < 1.29 is 69.9 Å². The van der Waals surface area contributed by atoms with Crippen LogP contribution >= 0.6 is 0 Å². The summed E-state index contributed by atoms with van der Waals surface area (Å²) in [5.41, 5.74) is 29.3. The van der Waals surface area contributed by atoms with E-state index in [1.807, 2.05) is 18.2 Å². The van der Waals surface area contributed by atoms with Gasteiger partial charge in [0.2, 0.25) is 5.78 Å². The molecule has 3 aromatic carbocycles. The first-order chi connectivity index (χ1) is 34.7. The van der Waals surface area contributed by atoms with Crippen molar-refractivity contribution in [3.05, 3.63) is 108 Å². The van der Waals surface area contributed by atoms with Gasteiger partial charge in [-0.05, 0) is 134 Å². The highest BCUT2D eigenvalue weighted by atomic mass is 16.4. The molecule has 13 atom stereocenters. The second-order valence-corrected chi connectivity index (χ2v) is 19.3. The van der Waals surface area contributed by atoms with Crippen molar-refractivity contribution in [1.82, 2.24) is 0 Å². The molecule has 5 aliphatic rings. The number of carboxylic acid groups (broad SMARTS) is 1. The molecule has 0 amide bonds. The molecule has 3 aromatic rings. The van der Waals surface area contributed by atoms with Gasteiger partial charge in [-0.3, -0.25) is 19.2 Å². The second-order valence-electron chi connectivity index (χ2n) is 19.3. The molecular formula is C55H89N5O14. The van der Waals surface area contributed by atoms with Gasteiger partial charge in [-0.15, -0.1) is 0 Å². The molecule has 418 valence electrons. The highest BCUT2D eigenvalue weighted by Gasteiger charge is 2.21. The number of hydrogen-bond donors (Lipinski definition) is 14. The van der Waals surface area contributed by atoms with Gasteiger partial charge < -0.3 is 74.6 Å². The molecule has 5 aliphatic carbocycles. The van der Waals surface area contributed by atoms with Crippen molar-refractivity contribution in [2.24, 2.45) is 28.7 Å². The molecule has 19 nitrogen and oxygen atoms in total. The van der Waals surface area contributed by atoms with Crippen LogP contribution in [0.4, 0.5) is 0 Å². The zero-order valence-corrected chi connectivity index (χ0v) is 43.7. The van der Waals surface area contributed by atoms with Crippen molar-refractivity contribution in [3.8, 4) is 0 Å². The standard InChI is InChI=1S/3C9H10O2.5C5H11NO.C3H4O3/c3*1-7(10)9(11)8-5-3-2-4-6-8;5*6-4-1-2-5(7)3-4;1-2(4)3(5)6/h3*2-6,9,11H,1H3;5*4-5,7H,1-3,6H2;1H3,(H,5,6)/t2*9-;;5*4-,5+;/m10.00000./s1. The van der Waals surface area contributed by atoms with E-state index in [9.17, 15) is 39.3 Å². The minimum absolute atomic E-state index is 0.102. The van der Waals surface area contributed by atoms with E-state index in [4.69, 9.17) is 59.3 Å². The van der Waals surface area contributed by atoms with Crippen LogP contribution in [-0.4, -0.2) is 136 Å². The Labute approximate surface area is 437 Å². The number of hydrogen-bond acceptors (Lipinski definition) is 18. The Morgan fingerprint density at radius 1 is 0.365 bits per heavy atom. The Morgan fingerprint density at radius 3 is 0.608 bits per heavy atom. The normalized spacial score (nSPS) is 26.1. The zero-order chi connectivity index (χ0) is 56.3. The minimum atomic E-state index is -1.38. The molecule has 5 fully saturated rings. The predicted molar refractivity (Wildman–Crippen MR) is 284 cm³/mol. The van der Waals surface area contributed by atoms with Gasteiger partial charge in [-0.2, -0.15) is 0 Å². The molecule has 5 saturated carbocycles.